The Labute approximate surface area is 230 Å². The molecule has 0 unspecified atom stereocenters. The molecule has 0 amide bonds. The quantitative estimate of drug-likeness (QED) is 0.306. The van der Waals surface area contributed by atoms with E-state index in [4.69, 9.17) is 9.47 Å². The van der Waals surface area contributed by atoms with Crippen molar-refractivity contribution in [3.05, 3.63) is 86.5 Å². The average Bonchev–Trinajstić information content (AvgIpc) is 2.91. The molecule has 0 aliphatic rings. The van der Waals surface area contributed by atoms with Gasteiger partial charge in [0.15, 0.2) is 0 Å². The summed E-state index contributed by atoms with van der Waals surface area (Å²) < 4.78 is 10.8. The summed E-state index contributed by atoms with van der Waals surface area (Å²) in [5.74, 6) is 1.96. The van der Waals surface area contributed by atoms with Crippen LogP contribution in [0, 0.1) is 24.3 Å². The van der Waals surface area contributed by atoms with E-state index in [-0.39, 0.29) is 5.75 Å². The van der Waals surface area contributed by atoms with Crippen LogP contribution < -0.4 is 9.47 Å². The van der Waals surface area contributed by atoms with Crippen LogP contribution in [0.15, 0.2) is 60.7 Å². The van der Waals surface area contributed by atoms with Crippen molar-refractivity contribution < 1.29 is 14.6 Å². The molecule has 3 aromatic carbocycles. The molecule has 0 saturated carbocycles. The Morgan fingerprint density at radius 2 is 1.14 bits per heavy atom. The number of phenolic OH excluding ortho intramolecular Hbond substituents is 1. The van der Waals surface area contributed by atoms with Gasteiger partial charge in [-0.3, -0.25) is 0 Å². The molecule has 0 saturated heterocycles. The van der Waals surface area contributed by atoms with E-state index < -0.39 is 0 Å². The summed E-state index contributed by atoms with van der Waals surface area (Å²) in [6.07, 6.45) is 1.15. The van der Waals surface area contributed by atoms with Gasteiger partial charge in [0, 0.05) is 0 Å². The number of methoxy groups -OCH3 is 2. The second-order valence-electron chi connectivity index (χ2n) is 6.55. The lowest BCUT2D eigenvalue weighted by Crippen LogP contribution is -1.87. The number of aromatic hydroxyl groups is 1. The number of aryl methyl sites for hydroxylation is 4. The molecular weight excluding hydrogens is 547 g/mol. The molecule has 1 N–H and O–H groups in total. The van der Waals surface area contributed by atoms with Crippen LogP contribution in [0.1, 0.15) is 70.7 Å². The number of ether oxygens (including phenoxy) is 2. The number of para-hydroxylation sites is 1. The van der Waals surface area contributed by atoms with E-state index in [1.54, 1.807) is 20.3 Å². The highest BCUT2D eigenvalue weighted by Crippen LogP contribution is 2.30. The fourth-order valence-corrected chi connectivity index (χ4v) is 3.19. The Bertz CT molecular complexity index is 847. The average molecular weight is 597 g/mol. The van der Waals surface area contributed by atoms with Crippen molar-refractivity contribution in [1.29, 1.82) is 0 Å². The van der Waals surface area contributed by atoms with Gasteiger partial charge in [0.1, 0.15) is 17.2 Å². The minimum atomic E-state index is 0.280. The Morgan fingerprint density at radius 3 is 1.51 bits per heavy atom. The highest BCUT2D eigenvalue weighted by molar-refractivity contribution is 14.1. The lowest BCUT2D eigenvalue weighted by Gasteiger charge is -2.05. The van der Waals surface area contributed by atoms with Gasteiger partial charge >= 0.3 is 0 Å². The molecule has 0 spiro atoms. The van der Waals surface area contributed by atoms with Gasteiger partial charge < -0.3 is 14.6 Å². The molecule has 3 aromatic rings. The molecular formula is C31H49IO3. The van der Waals surface area contributed by atoms with Crippen LogP contribution in [0.2, 0.25) is 0 Å². The Hall–Kier alpha value is -2.21. The Balaban J connectivity index is -0.000000397. The van der Waals surface area contributed by atoms with Crippen LogP contribution in [-0.2, 0) is 6.42 Å². The van der Waals surface area contributed by atoms with Gasteiger partial charge in [0.05, 0.1) is 17.8 Å². The Kier molecular flexibility index (Phi) is 26.6. The maximum absolute atomic E-state index is 9.32. The van der Waals surface area contributed by atoms with Crippen molar-refractivity contribution in [2.45, 2.75) is 75.7 Å². The summed E-state index contributed by atoms with van der Waals surface area (Å²) in [5, 5.41) is 9.32. The molecule has 35 heavy (non-hydrogen) atoms. The number of rotatable bonds is 3. The normalized spacial score (nSPS) is 8.37. The smallest absolute Gasteiger partial charge is 0.136 e. The van der Waals surface area contributed by atoms with Crippen LogP contribution in [-0.4, -0.2) is 19.3 Å². The molecule has 3 nitrogen and oxygen atoms in total. The molecule has 0 atom stereocenters. The Morgan fingerprint density at radius 1 is 0.686 bits per heavy atom. The van der Waals surface area contributed by atoms with Crippen LogP contribution in [0.5, 0.6) is 17.2 Å². The molecule has 0 aliphatic carbocycles. The number of hydrogen-bond donors (Lipinski definition) is 1. The number of phenols is 1. The third-order valence-electron chi connectivity index (χ3n) is 4.34. The van der Waals surface area contributed by atoms with E-state index >= 15 is 0 Å². The molecule has 0 aliphatic heterocycles. The first-order valence-corrected chi connectivity index (χ1v) is 13.6. The monoisotopic (exact) mass is 596 g/mol. The molecule has 0 heterocycles. The molecule has 0 aromatic heterocycles. The number of halogens is 1. The van der Waals surface area contributed by atoms with Crippen LogP contribution in [0.25, 0.3) is 0 Å². The van der Waals surface area contributed by atoms with E-state index in [0.717, 1.165) is 27.1 Å². The fourth-order valence-electron chi connectivity index (χ4n) is 2.66. The molecule has 0 fully saturated rings. The van der Waals surface area contributed by atoms with E-state index in [9.17, 15) is 5.11 Å². The minimum absolute atomic E-state index is 0.280. The number of benzene rings is 3. The predicted molar refractivity (Wildman–Crippen MR) is 164 cm³/mol. The molecule has 4 heteroatoms. The SMILES string of the molecule is CC.CC.CC.CCc1ccccc1C.COc1cc(C)cc(O)c1I.COc1ccccc1C. The lowest BCUT2D eigenvalue weighted by molar-refractivity contribution is 0.402. The number of hydrogen-bond acceptors (Lipinski definition) is 3. The van der Waals surface area contributed by atoms with E-state index in [1.165, 1.54) is 16.7 Å². The second-order valence-corrected chi connectivity index (χ2v) is 7.63. The summed E-state index contributed by atoms with van der Waals surface area (Å²) in [4.78, 5) is 0. The topological polar surface area (TPSA) is 38.7 Å². The first-order valence-electron chi connectivity index (χ1n) is 12.5. The summed E-state index contributed by atoms with van der Waals surface area (Å²) in [5.41, 5.74) is 5.04. The summed E-state index contributed by atoms with van der Waals surface area (Å²) in [6, 6.07) is 20.0. The third kappa shape index (κ3) is 16.2. The largest absolute Gasteiger partial charge is 0.507 e. The third-order valence-corrected chi connectivity index (χ3v) is 5.42. The fraction of sp³-hybridized carbons (Fsp3) is 0.419. The van der Waals surface area contributed by atoms with Gasteiger partial charge in [-0.2, -0.15) is 0 Å². The molecule has 198 valence electrons. The van der Waals surface area contributed by atoms with Crippen molar-refractivity contribution in [3.63, 3.8) is 0 Å². The molecule has 0 bridgehead atoms. The minimum Gasteiger partial charge on any atom is -0.507 e. The van der Waals surface area contributed by atoms with Crippen LogP contribution in [0.3, 0.4) is 0 Å². The molecule has 3 rings (SSSR count). The van der Waals surface area contributed by atoms with Crippen molar-refractivity contribution in [3.8, 4) is 17.2 Å². The second kappa shape index (κ2) is 24.9. The van der Waals surface area contributed by atoms with Gasteiger partial charge in [-0.05, 0) is 90.2 Å². The predicted octanol–water partition coefficient (Wildman–Crippen LogP) is 9.95. The van der Waals surface area contributed by atoms with Crippen molar-refractivity contribution in [1.82, 2.24) is 0 Å². The van der Waals surface area contributed by atoms with E-state index in [0.29, 0.717) is 0 Å². The zero-order valence-corrected chi connectivity index (χ0v) is 26.3. The summed E-state index contributed by atoms with van der Waals surface area (Å²) in [6.45, 7) is 20.3. The highest BCUT2D eigenvalue weighted by atomic mass is 127. The maximum Gasteiger partial charge on any atom is 0.136 e. The highest BCUT2D eigenvalue weighted by Gasteiger charge is 2.05. The zero-order valence-electron chi connectivity index (χ0n) is 24.1. The van der Waals surface area contributed by atoms with E-state index in [1.807, 2.05) is 108 Å². The lowest BCUT2D eigenvalue weighted by atomic mass is 10.1. The van der Waals surface area contributed by atoms with E-state index in [2.05, 4.69) is 38.1 Å². The van der Waals surface area contributed by atoms with Gasteiger partial charge in [0.25, 0.3) is 0 Å². The maximum atomic E-state index is 9.32. The van der Waals surface area contributed by atoms with Gasteiger partial charge in [-0.15, -0.1) is 0 Å². The first-order chi connectivity index (χ1) is 16.8. The standard InChI is InChI=1S/C9H12.C8H9IO2.C8H10O.3C2H6/c1-3-9-7-5-4-6-8(9)2;1-5-3-6(10)8(9)7(4-5)11-2;1-7-5-3-4-6-8(7)9-2;3*1-2/h4-7H,3H2,1-2H3;3-4,10H,1-2H3;3-6H,1-2H3;3*1-2H3. The van der Waals surface area contributed by atoms with Crippen LogP contribution >= 0.6 is 22.6 Å². The van der Waals surface area contributed by atoms with Gasteiger partial charge in [-0.1, -0.05) is 90.9 Å². The van der Waals surface area contributed by atoms with Crippen molar-refractivity contribution >= 4 is 22.6 Å². The van der Waals surface area contributed by atoms with Gasteiger partial charge in [0.2, 0.25) is 0 Å². The first kappa shape index (κ1) is 37.3. The molecule has 0 radical (unpaired) electrons. The summed E-state index contributed by atoms with van der Waals surface area (Å²) >= 11 is 2.05. The zero-order chi connectivity index (χ0) is 27.8. The van der Waals surface area contributed by atoms with Crippen molar-refractivity contribution in [2.24, 2.45) is 0 Å². The van der Waals surface area contributed by atoms with Crippen molar-refractivity contribution in [2.75, 3.05) is 14.2 Å². The van der Waals surface area contributed by atoms with Gasteiger partial charge in [-0.25, -0.2) is 0 Å². The van der Waals surface area contributed by atoms with Crippen LogP contribution in [0.4, 0.5) is 0 Å². The summed E-state index contributed by atoms with van der Waals surface area (Å²) in [7, 11) is 3.28.